The highest BCUT2D eigenvalue weighted by Crippen LogP contribution is 2.24. The Bertz CT molecular complexity index is 1230. The molecule has 0 saturated heterocycles. The van der Waals surface area contributed by atoms with Crippen LogP contribution in [0.5, 0.6) is 5.75 Å². The summed E-state index contributed by atoms with van der Waals surface area (Å²) in [7, 11) is 0. The predicted octanol–water partition coefficient (Wildman–Crippen LogP) is 5.21. The molecular weight excluding hydrogens is 489 g/mol. The first-order valence-corrected chi connectivity index (χ1v) is 11.1. The molecule has 1 atom stereocenters. The number of amidine groups is 1. The minimum Gasteiger partial charge on any atom is -0.406 e. The average molecular weight is 513 g/mol. The Kier molecular flexibility index (Phi) is 9.12. The molecule has 0 radical (unpaired) electrons. The van der Waals surface area contributed by atoms with E-state index in [9.17, 15) is 13.2 Å². The lowest BCUT2D eigenvalue weighted by Crippen LogP contribution is -2.34. The molecule has 36 heavy (non-hydrogen) atoms. The first-order valence-electron chi connectivity index (χ1n) is 10.7. The number of nitrogens with two attached hydrogens (primary N) is 1. The van der Waals surface area contributed by atoms with Gasteiger partial charge in [0.15, 0.2) is 5.11 Å². The zero-order chi connectivity index (χ0) is 26.0. The van der Waals surface area contributed by atoms with Gasteiger partial charge in [-0.3, -0.25) is 5.43 Å². The number of ether oxygens (including phenoxy) is 1. The number of aliphatic imine (C=N–C) groups is 2. The van der Waals surface area contributed by atoms with Gasteiger partial charge in [-0.15, -0.1) is 13.2 Å². The molecular formula is C25H23F3N6OS. The maximum Gasteiger partial charge on any atom is 0.573 e. The molecule has 3 rings (SSSR count). The van der Waals surface area contributed by atoms with Gasteiger partial charge in [0.05, 0.1) is 17.9 Å². The van der Waals surface area contributed by atoms with Crippen LogP contribution in [0.2, 0.25) is 0 Å². The summed E-state index contributed by atoms with van der Waals surface area (Å²) in [5.41, 5.74) is 11.7. The van der Waals surface area contributed by atoms with Crippen molar-refractivity contribution in [1.82, 2.24) is 10.7 Å². The summed E-state index contributed by atoms with van der Waals surface area (Å²) in [5, 5.41) is 7.70. The van der Waals surface area contributed by atoms with Crippen LogP contribution >= 0.6 is 12.2 Å². The maximum atomic E-state index is 12.2. The van der Waals surface area contributed by atoms with Gasteiger partial charge >= 0.3 is 6.36 Å². The van der Waals surface area contributed by atoms with E-state index < -0.39 is 6.36 Å². The van der Waals surface area contributed by atoms with Crippen molar-refractivity contribution in [3.05, 3.63) is 95.6 Å². The van der Waals surface area contributed by atoms with E-state index in [2.05, 4.69) is 30.6 Å². The van der Waals surface area contributed by atoms with E-state index in [4.69, 9.17) is 18.0 Å². The van der Waals surface area contributed by atoms with Crippen molar-refractivity contribution >= 4 is 41.4 Å². The second kappa shape index (κ2) is 12.5. The van der Waals surface area contributed by atoms with E-state index in [0.717, 1.165) is 23.3 Å². The smallest absolute Gasteiger partial charge is 0.406 e. The van der Waals surface area contributed by atoms with Gasteiger partial charge < -0.3 is 15.8 Å². The Hall–Kier alpha value is -4.25. The fourth-order valence-electron chi connectivity index (χ4n) is 2.93. The third kappa shape index (κ3) is 8.84. The molecule has 0 saturated carbocycles. The molecule has 1 unspecified atom stereocenters. The lowest BCUT2D eigenvalue weighted by molar-refractivity contribution is -0.274. The molecule has 186 valence electrons. The van der Waals surface area contributed by atoms with Crippen molar-refractivity contribution in [1.29, 1.82) is 0 Å². The largest absolute Gasteiger partial charge is 0.573 e. The van der Waals surface area contributed by atoms with E-state index in [1.165, 1.54) is 18.5 Å². The average Bonchev–Trinajstić information content (AvgIpc) is 2.85. The van der Waals surface area contributed by atoms with E-state index in [0.29, 0.717) is 16.4 Å². The lowest BCUT2D eigenvalue weighted by Gasteiger charge is -2.15. The molecule has 0 aromatic heterocycles. The molecule has 0 spiro atoms. The summed E-state index contributed by atoms with van der Waals surface area (Å²) < 4.78 is 40.4. The number of benzene rings is 3. The molecule has 11 heteroatoms. The highest BCUT2D eigenvalue weighted by molar-refractivity contribution is 7.80. The Morgan fingerprint density at radius 3 is 2.31 bits per heavy atom. The molecule has 0 amide bonds. The molecule has 3 aromatic rings. The van der Waals surface area contributed by atoms with Crippen LogP contribution in [0.1, 0.15) is 29.7 Å². The number of halogens is 3. The molecule has 4 N–H and O–H groups in total. The molecule has 0 heterocycles. The van der Waals surface area contributed by atoms with Crippen LogP contribution in [-0.2, 0) is 0 Å². The van der Waals surface area contributed by atoms with Gasteiger partial charge in [0.2, 0.25) is 0 Å². The number of nitrogens with one attached hydrogen (secondary N) is 2. The minimum absolute atomic E-state index is 0.0363. The second-order valence-electron chi connectivity index (χ2n) is 7.40. The number of hydrogen-bond acceptors (Lipinski definition) is 4. The number of hydrazone groups is 1. The van der Waals surface area contributed by atoms with Crippen molar-refractivity contribution in [3.63, 3.8) is 0 Å². The molecule has 0 fully saturated rings. The first kappa shape index (κ1) is 26.4. The number of nitrogens with zero attached hydrogens (tertiary/aromatic N) is 3. The van der Waals surface area contributed by atoms with Crippen LogP contribution < -0.4 is 21.2 Å². The van der Waals surface area contributed by atoms with Gasteiger partial charge in [-0.05, 0) is 54.5 Å². The summed E-state index contributed by atoms with van der Waals surface area (Å²) in [5.74, 6) is -0.110. The summed E-state index contributed by atoms with van der Waals surface area (Å²) in [6.07, 6.45) is -1.91. The Morgan fingerprint density at radius 1 is 1.00 bits per heavy atom. The Morgan fingerprint density at radius 2 is 1.67 bits per heavy atom. The minimum atomic E-state index is -4.74. The summed E-state index contributed by atoms with van der Waals surface area (Å²) in [6, 6.07) is 22.2. The second-order valence-corrected chi connectivity index (χ2v) is 7.81. The first-order chi connectivity index (χ1) is 17.2. The van der Waals surface area contributed by atoms with Crippen LogP contribution in [0.3, 0.4) is 0 Å². The van der Waals surface area contributed by atoms with Crippen LogP contribution in [0.25, 0.3) is 0 Å². The third-order valence-corrected chi connectivity index (χ3v) is 4.92. The Balaban J connectivity index is 1.49. The van der Waals surface area contributed by atoms with Gasteiger partial charge in [-0.1, -0.05) is 54.6 Å². The highest BCUT2D eigenvalue weighted by atomic mass is 32.1. The number of hydrogen-bond donors (Lipinski definition) is 3. The number of rotatable bonds is 8. The number of thiocarbonyl (C=S) groups is 1. The molecule has 0 aliphatic heterocycles. The third-order valence-electron chi connectivity index (χ3n) is 4.71. The fraction of sp³-hybridized carbons (Fsp3) is 0.120. The lowest BCUT2D eigenvalue weighted by atomic mass is 10.1. The number of alkyl halides is 3. The molecule has 0 bridgehead atoms. The van der Waals surface area contributed by atoms with Crippen LogP contribution in [0.4, 0.5) is 18.9 Å². The fourth-order valence-corrected chi connectivity index (χ4v) is 3.15. The van der Waals surface area contributed by atoms with Gasteiger partial charge in [0, 0.05) is 5.56 Å². The van der Waals surface area contributed by atoms with Crippen LogP contribution in [0, 0.1) is 0 Å². The summed E-state index contributed by atoms with van der Waals surface area (Å²) >= 11 is 5.27. The van der Waals surface area contributed by atoms with Crippen molar-refractivity contribution < 1.29 is 17.9 Å². The van der Waals surface area contributed by atoms with Crippen molar-refractivity contribution in [3.8, 4) is 5.75 Å². The van der Waals surface area contributed by atoms with Gasteiger partial charge in [-0.2, -0.15) is 5.10 Å². The predicted molar refractivity (Wildman–Crippen MR) is 140 cm³/mol. The molecule has 3 aromatic carbocycles. The van der Waals surface area contributed by atoms with Gasteiger partial charge in [-0.25, -0.2) is 9.98 Å². The van der Waals surface area contributed by atoms with E-state index in [1.54, 1.807) is 18.3 Å². The zero-order valence-corrected chi connectivity index (χ0v) is 19.9. The molecule has 0 aliphatic rings. The SMILES string of the molecule is CC(NC(=S)N/N=C\c1ccc(C(N)=NC=Nc2ccc(OC(F)(F)F)cc2)cc1)c1ccccc1. The van der Waals surface area contributed by atoms with Gasteiger partial charge in [0.25, 0.3) is 0 Å². The quantitative estimate of drug-likeness (QED) is 0.167. The Labute approximate surface area is 211 Å². The maximum absolute atomic E-state index is 12.2. The molecule has 7 nitrogen and oxygen atoms in total. The highest BCUT2D eigenvalue weighted by Gasteiger charge is 2.30. The van der Waals surface area contributed by atoms with E-state index >= 15 is 0 Å². The van der Waals surface area contributed by atoms with Crippen LogP contribution in [0.15, 0.2) is 93.9 Å². The van der Waals surface area contributed by atoms with E-state index in [-0.39, 0.29) is 17.6 Å². The normalized spacial score (nSPS) is 13.1. The van der Waals surface area contributed by atoms with Gasteiger partial charge in [0.1, 0.15) is 17.9 Å². The topological polar surface area (TPSA) is 96.4 Å². The van der Waals surface area contributed by atoms with Crippen LogP contribution in [-0.4, -0.2) is 29.9 Å². The zero-order valence-electron chi connectivity index (χ0n) is 19.1. The summed E-state index contributed by atoms with van der Waals surface area (Å²) in [6.45, 7) is 2.01. The van der Waals surface area contributed by atoms with Crippen molar-refractivity contribution in [2.75, 3.05) is 0 Å². The monoisotopic (exact) mass is 512 g/mol. The van der Waals surface area contributed by atoms with Crippen molar-refractivity contribution in [2.45, 2.75) is 19.3 Å². The van der Waals surface area contributed by atoms with Crippen molar-refractivity contribution in [2.24, 2.45) is 20.8 Å². The summed E-state index contributed by atoms with van der Waals surface area (Å²) in [4.78, 5) is 8.11. The standard InChI is InChI=1S/C25H23F3N6OS/c1-17(19-5-3-2-4-6-19)33-24(36)34-32-15-18-7-9-20(10-8-18)23(29)31-16-30-21-11-13-22(14-12-21)35-25(26,27)28/h2-17H,1H3,(H2,29,30,31)(H2,33,34,36)/b32-15-. The molecule has 0 aliphatic carbocycles. The van der Waals surface area contributed by atoms with E-state index in [1.807, 2.05) is 49.4 Å².